The molecule has 0 radical (unpaired) electrons. The zero-order valence-corrected chi connectivity index (χ0v) is 11.4. The first-order valence-corrected chi connectivity index (χ1v) is 6.88. The van der Waals surface area contributed by atoms with Crippen LogP contribution in [-0.4, -0.2) is 93.1 Å². The Labute approximate surface area is 121 Å². The van der Waals surface area contributed by atoms with Crippen molar-refractivity contribution in [3.8, 4) is 0 Å². The van der Waals surface area contributed by atoms with Crippen molar-refractivity contribution in [3.05, 3.63) is 0 Å². The molecule has 21 heavy (non-hydrogen) atoms. The van der Waals surface area contributed by atoms with Crippen LogP contribution in [0.2, 0.25) is 0 Å². The number of ether oxygens (including phenoxy) is 3. The number of hydrogen-bond donors (Lipinski definition) is 6. The summed E-state index contributed by atoms with van der Waals surface area (Å²) in [6, 6.07) is 0. The maximum Gasteiger partial charge on any atom is 0.184 e. The molecule has 8 atom stereocenters. The quantitative estimate of drug-likeness (QED) is 0.313. The van der Waals surface area contributed by atoms with Crippen LogP contribution in [0.25, 0.3) is 0 Å². The Morgan fingerprint density at radius 2 is 1.52 bits per heavy atom. The van der Waals surface area contributed by atoms with Crippen LogP contribution in [0.5, 0.6) is 0 Å². The van der Waals surface area contributed by atoms with E-state index in [1.165, 1.54) is 0 Å². The van der Waals surface area contributed by atoms with Crippen molar-refractivity contribution in [2.45, 2.75) is 62.0 Å². The molecule has 0 aromatic heterocycles. The van der Waals surface area contributed by atoms with Crippen LogP contribution in [0.4, 0.5) is 0 Å². The van der Waals surface area contributed by atoms with Gasteiger partial charge in [0.1, 0.15) is 30.5 Å². The molecule has 0 aromatic carbocycles. The molecule has 2 aliphatic heterocycles. The van der Waals surface area contributed by atoms with E-state index in [-0.39, 0.29) is 6.61 Å². The van der Waals surface area contributed by atoms with Gasteiger partial charge in [0.2, 0.25) is 0 Å². The van der Waals surface area contributed by atoms with E-state index in [4.69, 9.17) is 19.3 Å². The Kier molecular flexibility index (Phi) is 5.88. The monoisotopic (exact) mass is 310 g/mol. The predicted molar refractivity (Wildman–Crippen MR) is 65.8 cm³/mol. The van der Waals surface area contributed by atoms with E-state index in [1.807, 2.05) is 0 Å². The van der Waals surface area contributed by atoms with Crippen LogP contribution < -0.4 is 0 Å². The number of rotatable bonds is 4. The van der Waals surface area contributed by atoms with Gasteiger partial charge in [-0.1, -0.05) is 0 Å². The summed E-state index contributed by atoms with van der Waals surface area (Å²) in [4.78, 5) is 0. The minimum Gasteiger partial charge on any atom is -0.394 e. The third-order valence-corrected chi connectivity index (χ3v) is 3.78. The van der Waals surface area contributed by atoms with Gasteiger partial charge in [-0.2, -0.15) is 0 Å². The van der Waals surface area contributed by atoms with E-state index in [1.54, 1.807) is 0 Å². The van der Waals surface area contributed by atoms with Gasteiger partial charge in [-0.25, -0.2) is 0 Å². The number of aliphatic hydroxyl groups excluding tert-OH is 6. The number of aliphatic hydroxyl groups is 6. The van der Waals surface area contributed by atoms with Crippen molar-refractivity contribution >= 4 is 0 Å². The Balaban J connectivity index is 1.99. The molecule has 9 nitrogen and oxygen atoms in total. The van der Waals surface area contributed by atoms with E-state index >= 15 is 0 Å². The second-order valence-electron chi connectivity index (χ2n) is 5.26. The van der Waals surface area contributed by atoms with Gasteiger partial charge in [-0.15, -0.1) is 0 Å². The molecular formula is C12H22O9. The summed E-state index contributed by atoms with van der Waals surface area (Å²) in [5.41, 5.74) is 0. The van der Waals surface area contributed by atoms with Gasteiger partial charge in [-0.05, 0) is 6.42 Å². The highest BCUT2D eigenvalue weighted by Gasteiger charge is 2.46. The lowest BCUT2D eigenvalue weighted by Gasteiger charge is -2.42. The van der Waals surface area contributed by atoms with E-state index in [0.717, 1.165) is 0 Å². The first-order valence-electron chi connectivity index (χ1n) is 6.88. The van der Waals surface area contributed by atoms with Gasteiger partial charge in [-0.3, -0.25) is 0 Å². The summed E-state index contributed by atoms with van der Waals surface area (Å²) in [5.74, 6) is 0. The molecule has 2 heterocycles. The fourth-order valence-corrected chi connectivity index (χ4v) is 2.52. The Morgan fingerprint density at radius 3 is 2.14 bits per heavy atom. The predicted octanol–water partition coefficient (Wildman–Crippen LogP) is -3.34. The fraction of sp³-hybridized carbons (Fsp3) is 1.00. The topological polar surface area (TPSA) is 149 Å². The Hall–Kier alpha value is -0.360. The van der Waals surface area contributed by atoms with Crippen molar-refractivity contribution in [1.29, 1.82) is 0 Å². The van der Waals surface area contributed by atoms with E-state index in [2.05, 4.69) is 0 Å². The molecule has 2 fully saturated rings. The third-order valence-electron chi connectivity index (χ3n) is 3.78. The first-order chi connectivity index (χ1) is 9.97. The highest BCUT2D eigenvalue weighted by Crippen LogP contribution is 2.27. The summed E-state index contributed by atoms with van der Waals surface area (Å²) >= 11 is 0. The molecular weight excluding hydrogens is 288 g/mol. The molecule has 2 rings (SSSR count). The molecule has 2 aliphatic rings. The van der Waals surface area contributed by atoms with Crippen LogP contribution >= 0.6 is 0 Å². The van der Waals surface area contributed by atoms with Crippen LogP contribution in [0, 0.1) is 0 Å². The highest BCUT2D eigenvalue weighted by molar-refractivity contribution is 4.90. The van der Waals surface area contributed by atoms with Gasteiger partial charge in [0.15, 0.2) is 12.6 Å². The van der Waals surface area contributed by atoms with Gasteiger partial charge >= 0.3 is 0 Å². The molecule has 2 saturated heterocycles. The van der Waals surface area contributed by atoms with Crippen LogP contribution in [0.1, 0.15) is 12.8 Å². The molecule has 124 valence electrons. The second-order valence-corrected chi connectivity index (χ2v) is 5.26. The molecule has 0 bridgehead atoms. The van der Waals surface area contributed by atoms with E-state index in [9.17, 15) is 25.5 Å². The Bertz CT molecular complexity index is 326. The average molecular weight is 310 g/mol. The highest BCUT2D eigenvalue weighted by atomic mass is 16.7. The maximum absolute atomic E-state index is 9.93. The Morgan fingerprint density at radius 1 is 0.857 bits per heavy atom. The molecule has 0 aliphatic carbocycles. The maximum atomic E-state index is 9.93. The number of hydrogen-bond acceptors (Lipinski definition) is 9. The van der Waals surface area contributed by atoms with Crippen LogP contribution in [0.15, 0.2) is 0 Å². The van der Waals surface area contributed by atoms with Crippen LogP contribution in [-0.2, 0) is 14.2 Å². The third kappa shape index (κ3) is 3.70. The summed E-state index contributed by atoms with van der Waals surface area (Å²) in [6.45, 7) is -0.903. The van der Waals surface area contributed by atoms with Crippen molar-refractivity contribution in [2.24, 2.45) is 0 Å². The van der Waals surface area contributed by atoms with Crippen molar-refractivity contribution in [1.82, 2.24) is 0 Å². The van der Waals surface area contributed by atoms with Crippen molar-refractivity contribution in [3.63, 3.8) is 0 Å². The summed E-state index contributed by atoms with van der Waals surface area (Å²) in [7, 11) is 0. The zero-order chi connectivity index (χ0) is 15.6. The average Bonchev–Trinajstić information content (AvgIpc) is 2.49. The van der Waals surface area contributed by atoms with E-state index < -0.39 is 55.8 Å². The lowest BCUT2D eigenvalue weighted by molar-refractivity contribution is -0.330. The smallest absolute Gasteiger partial charge is 0.184 e. The molecule has 8 unspecified atom stereocenters. The van der Waals surface area contributed by atoms with Crippen LogP contribution in [0.3, 0.4) is 0 Å². The lowest BCUT2D eigenvalue weighted by Crippen LogP contribution is -2.60. The molecule has 0 spiro atoms. The standard InChI is InChI=1S/C12H22O9/c13-3-6-5(15)1-2-8(19-6)21-11-7(4-14)20-12(18)10(17)9(11)16/h5-18H,1-4H2. The lowest BCUT2D eigenvalue weighted by atomic mass is 9.98. The van der Waals surface area contributed by atoms with Gasteiger partial charge in [0.05, 0.1) is 19.3 Å². The largest absolute Gasteiger partial charge is 0.394 e. The fourth-order valence-electron chi connectivity index (χ4n) is 2.52. The molecule has 0 amide bonds. The van der Waals surface area contributed by atoms with Crippen molar-refractivity contribution in [2.75, 3.05) is 13.2 Å². The normalized spacial score (nSPS) is 48.3. The molecule has 9 heteroatoms. The summed E-state index contributed by atoms with van der Waals surface area (Å²) < 4.78 is 15.8. The molecule has 6 N–H and O–H groups in total. The summed E-state index contributed by atoms with van der Waals surface area (Å²) in [6.07, 6.45) is -8.55. The minimum atomic E-state index is -1.61. The summed E-state index contributed by atoms with van der Waals surface area (Å²) in [5, 5.41) is 56.8. The molecule has 0 aromatic rings. The first kappa shape index (κ1) is 17.0. The van der Waals surface area contributed by atoms with E-state index in [0.29, 0.717) is 12.8 Å². The van der Waals surface area contributed by atoms with Gasteiger partial charge in [0, 0.05) is 6.42 Å². The second kappa shape index (κ2) is 7.27. The minimum absolute atomic E-state index is 0.317. The van der Waals surface area contributed by atoms with Gasteiger partial charge in [0.25, 0.3) is 0 Å². The SMILES string of the molecule is OCC1OC(OC2C(CO)OC(O)C(O)C2O)CCC1O. The zero-order valence-electron chi connectivity index (χ0n) is 11.4. The molecule has 0 saturated carbocycles. The van der Waals surface area contributed by atoms with Gasteiger partial charge < -0.3 is 44.8 Å². The van der Waals surface area contributed by atoms with Crippen molar-refractivity contribution < 1.29 is 44.8 Å².